The van der Waals surface area contributed by atoms with Crippen molar-refractivity contribution in [1.82, 2.24) is 5.32 Å². The molecule has 0 saturated carbocycles. The average molecular weight is 201 g/mol. The van der Waals surface area contributed by atoms with Crippen LogP contribution < -0.4 is 5.32 Å². The molecule has 0 aliphatic carbocycles. The van der Waals surface area contributed by atoms with Crippen LogP contribution >= 0.6 is 0 Å². The molecule has 2 rings (SSSR count). The Morgan fingerprint density at radius 2 is 2.07 bits per heavy atom. The van der Waals surface area contributed by atoms with Gasteiger partial charge in [0.05, 0.1) is 0 Å². The summed E-state index contributed by atoms with van der Waals surface area (Å²) in [6.45, 7) is 3.50. The van der Waals surface area contributed by atoms with Gasteiger partial charge in [0.15, 0.2) is 0 Å². The maximum Gasteiger partial charge on any atom is 0.0255 e. The number of nitrogens with one attached hydrogen (secondary N) is 1. The predicted octanol–water partition coefficient (Wildman–Crippen LogP) is 3.09. The van der Waals surface area contributed by atoms with E-state index < -0.39 is 0 Å². The van der Waals surface area contributed by atoms with Crippen LogP contribution in [0.2, 0.25) is 0 Å². The molecule has 1 aromatic carbocycles. The minimum Gasteiger partial charge on any atom is -0.310 e. The van der Waals surface area contributed by atoms with E-state index in [2.05, 4.69) is 54.7 Å². The quantitative estimate of drug-likeness (QED) is 0.775. The highest BCUT2D eigenvalue weighted by atomic mass is 14.9. The van der Waals surface area contributed by atoms with Gasteiger partial charge >= 0.3 is 0 Å². The smallest absolute Gasteiger partial charge is 0.0255 e. The van der Waals surface area contributed by atoms with Gasteiger partial charge in [0.1, 0.15) is 0 Å². The molecular formula is C14H19N. The Balaban J connectivity index is 1.93. The van der Waals surface area contributed by atoms with E-state index in [0.29, 0.717) is 6.04 Å². The van der Waals surface area contributed by atoms with E-state index in [1.54, 1.807) is 0 Å². The van der Waals surface area contributed by atoms with E-state index in [4.69, 9.17) is 0 Å². The fourth-order valence-corrected chi connectivity index (χ4v) is 2.09. The van der Waals surface area contributed by atoms with Crippen LogP contribution in [0.4, 0.5) is 0 Å². The molecule has 1 aliphatic rings. The van der Waals surface area contributed by atoms with Crippen molar-refractivity contribution in [3.05, 3.63) is 42.0 Å². The topological polar surface area (TPSA) is 12.0 Å². The Morgan fingerprint density at radius 1 is 1.27 bits per heavy atom. The lowest BCUT2D eigenvalue weighted by molar-refractivity contribution is 0.357. The fraction of sp³-hybridized carbons (Fsp3) is 0.429. The standard InChI is InChI=1S/C14H19N/c1-12-9-10-15-14(11-12)8-7-13-5-3-2-4-6-13/h2-8,12,14-15H,9-11H2,1H3/b8-7+. The largest absolute Gasteiger partial charge is 0.310 e. The van der Waals surface area contributed by atoms with Gasteiger partial charge < -0.3 is 5.32 Å². The summed E-state index contributed by atoms with van der Waals surface area (Å²) in [6.07, 6.45) is 7.10. The van der Waals surface area contributed by atoms with E-state index in [9.17, 15) is 0 Å². The number of hydrogen-bond acceptors (Lipinski definition) is 1. The molecule has 1 nitrogen and oxygen atoms in total. The molecule has 1 fully saturated rings. The third-order valence-corrected chi connectivity index (χ3v) is 3.02. The average Bonchev–Trinajstić information content (AvgIpc) is 2.28. The van der Waals surface area contributed by atoms with Crippen molar-refractivity contribution in [2.75, 3.05) is 6.54 Å². The van der Waals surface area contributed by atoms with Crippen molar-refractivity contribution in [1.29, 1.82) is 0 Å². The fourth-order valence-electron chi connectivity index (χ4n) is 2.09. The maximum absolute atomic E-state index is 3.53. The molecule has 0 spiro atoms. The van der Waals surface area contributed by atoms with Crippen LogP contribution in [0.3, 0.4) is 0 Å². The zero-order valence-corrected chi connectivity index (χ0v) is 9.32. The zero-order valence-electron chi connectivity index (χ0n) is 9.32. The van der Waals surface area contributed by atoms with E-state index in [1.165, 1.54) is 18.4 Å². The second kappa shape index (κ2) is 5.13. The van der Waals surface area contributed by atoms with Crippen LogP contribution in [0.1, 0.15) is 25.3 Å². The van der Waals surface area contributed by atoms with Gasteiger partial charge in [0, 0.05) is 6.04 Å². The van der Waals surface area contributed by atoms with Gasteiger partial charge in [-0.25, -0.2) is 0 Å². The normalized spacial score (nSPS) is 27.0. The van der Waals surface area contributed by atoms with E-state index in [1.807, 2.05) is 0 Å². The molecule has 0 radical (unpaired) electrons. The molecule has 1 N–H and O–H groups in total. The SMILES string of the molecule is CC1CCNC(/C=C/c2ccccc2)C1. The molecule has 1 heterocycles. The number of hydrogen-bond donors (Lipinski definition) is 1. The maximum atomic E-state index is 3.53. The minimum absolute atomic E-state index is 0.564. The summed E-state index contributed by atoms with van der Waals surface area (Å²) in [7, 11) is 0. The summed E-state index contributed by atoms with van der Waals surface area (Å²) in [6, 6.07) is 11.1. The minimum atomic E-state index is 0.564. The van der Waals surface area contributed by atoms with Gasteiger partial charge in [-0.3, -0.25) is 0 Å². The highest BCUT2D eigenvalue weighted by molar-refractivity contribution is 5.49. The first-order valence-electron chi connectivity index (χ1n) is 5.81. The van der Waals surface area contributed by atoms with Crippen LogP contribution in [-0.4, -0.2) is 12.6 Å². The first-order valence-corrected chi connectivity index (χ1v) is 5.81. The monoisotopic (exact) mass is 201 g/mol. The van der Waals surface area contributed by atoms with E-state index in [0.717, 1.165) is 12.5 Å². The molecule has 1 saturated heterocycles. The molecule has 0 aromatic heterocycles. The van der Waals surface area contributed by atoms with Crippen LogP contribution in [0.15, 0.2) is 36.4 Å². The summed E-state index contributed by atoms with van der Waals surface area (Å²) in [4.78, 5) is 0. The second-order valence-electron chi connectivity index (χ2n) is 4.46. The molecule has 1 aliphatic heterocycles. The molecule has 1 heteroatoms. The van der Waals surface area contributed by atoms with Crippen molar-refractivity contribution in [3.8, 4) is 0 Å². The third-order valence-electron chi connectivity index (χ3n) is 3.02. The number of rotatable bonds is 2. The summed E-state index contributed by atoms with van der Waals surface area (Å²) in [5.74, 6) is 0.858. The molecule has 1 aromatic rings. The van der Waals surface area contributed by atoms with E-state index in [-0.39, 0.29) is 0 Å². The summed E-state index contributed by atoms with van der Waals surface area (Å²) in [5.41, 5.74) is 1.29. The molecule has 15 heavy (non-hydrogen) atoms. The van der Waals surface area contributed by atoms with E-state index >= 15 is 0 Å². The zero-order chi connectivity index (χ0) is 10.5. The van der Waals surface area contributed by atoms with Gasteiger partial charge in [-0.05, 0) is 30.9 Å². The van der Waals surface area contributed by atoms with Gasteiger partial charge in [0.25, 0.3) is 0 Å². The molecule has 0 amide bonds. The van der Waals surface area contributed by atoms with Gasteiger partial charge in [-0.1, -0.05) is 49.4 Å². The lowest BCUT2D eigenvalue weighted by Gasteiger charge is -2.25. The van der Waals surface area contributed by atoms with Crippen LogP contribution in [0.25, 0.3) is 6.08 Å². The first-order chi connectivity index (χ1) is 7.34. The van der Waals surface area contributed by atoms with Gasteiger partial charge in [0.2, 0.25) is 0 Å². The molecule has 2 atom stereocenters. The summed E-state index contributed by atoms with van der Waals surface area (Å²) < 4.78 is 0. The Morgan fingerprint density at radius 3 is 2.80 bits per heavy atom. The lowest BCUT2D eigenvalue weighted by atomic mass is 9.94. The second-order valence-corrected chi connectivity index (χ2v) is 4.46. The summed E-state index contributed by atoms with van der Waals surface area (Å²) in [5, 5.41) is 3.53. The van der Waals surface area contributed by atoms with Crippen LogP contribution in [0, 0.1) is 5.92 Å². The van der Waals surface area contributed by atoms with Crippen molar-refractivity contribution in [2.45, 2.75) is 25.8 Å². The lowest BCUT2D eigenvalue weighted by Crippen LogP contribution is -2.35. The first kappa shape index (κ1) is 10.4. The third kappa shape index (κ3) is 3.21. The van der Waals surface area contributed by atoms with Crippen LogP contribution in [0.5, 0.6) is 0 Å². The number of piperidine rings is 1. The molecule has 80 valence electrons. The Hall–Kier alpha value is -1.08. The Labute approximate surface area is 92.2 Å². The molecular weight excluding hydrogens is 182 g/mol. The Bertz CT molecular complexity index is 315. The number of benzene rings is 1. The van der Waals surface area contributed by atoms with Crippen molar-refractivity contribution < 1.29 is 0 Å². The van der Waals surface area contributed by atoms with Crippen molar-refractivity contribution in [3.63, 3.8) is 0 Å². The van der Waals surface area contributed by atoms with Crippen molar-refractivity contribution in [2.24, 2.45) is 5.92 Å². The molecule has 2 unspecified atom stereocenters. The highest BCUT2D eigenvalue weighted by Crippen LogP contribution is 2.16. The van der Waals surface area contributed by atoms with Crippen LogP contribution in [-0.2, 0) is 0 Å². The van der Waals surface area contributed by atoms with Gasteiger partial charge in [-0.2, -0.15) is 0 Å². The molecule has 0 bridgehead atoms. The van der Waals surface area contributed by atoms with Crippen molar-refractivity contribution >= 4 is 6.08 Å². The Kier molecular flexibility index (Phi) is 3.57. The highest BCUT2D eigenvalue weighted by Gasteiger charge is 2.14. The predicted molar refractivity (Wildman–Crippen MR) is 65.7 cm³/mol. The summed E-state index contributed by atoms with van der Waals surface area (Å²) >= 11 is 0. The van der Waals surface area contributed by atoms with Gasteiger partial charge in [-0.15, -0.1) is 0 Å².